The smallest absolute Gasteiger partial charge is 0.282 e. The molecule has 0 aliphatic carbocycles. The van der Waals surface area contributed by atoms with Crippen molar-refractivity contribution in [1.29, 1.82) is 0 Å². The lowest BCUT2D eigenvalue weighted by Crippen LogP contribution is -2.43. The number of hydrogen-bond acceptors (Lipinski definition) is 6. The average Bonchev–Trinajstić information content (AvgIpc) is 3.34. The molecule has 1 aliphatic rings. The van der Waals surface area contributed by atoms with Gasteiger partial charge in [0.1, 0.15) is 24.6 Å². The zero-order valence-corrected chi connectivity index (χ0v) is 16.2. The summed E-state index contributed by atoms with van der Waals surface area (Å²) in [5.41, 5.74) is 0.520. The Labute approximate surface area is 166 Å². The monoisotopic (exact) mass is 403 g/mol. The molecule has 3 rings (SSSR count). The molecule has 1 fully saturated rings. The Morgan fingerprint density at radius 3 is 2.79 bits per heavy atom. The molecule has 1 aliphatic heterocycles. The number of hydrogen-bond donors (Lipinski definition) is 1. The molecule has 0 spiro atoms. The van der Waals surface area contributed by atoms with Crippen molar-refractivity contribution in [1.82, 2.24) is 9.80 Å². The fourth-order valence-corrected chi connectivity index (χ4v) is 3.59. The molecular weight excluding hydrogens is 382 g/mol. The van der Waals surface area contributed by atoms with Crippen molar-refractivity contribution in [3.63, 3.8) is 0 Å². The molecule has 1 N–H and O–H groups in total. The zero-order chi connectivity index (χ0) is 19.9. The predicted molar refractivity (Wildman–Crippen MR) is 105 cm³/mol. The minimum absolute atomic E-state index is 0.0610. The van der Waals surface area contributed by atoms with Gasteiger partial charge in [0.25, 0.3) is 5.24 Å². The number of ether oxygens (including phenoxy) is 1. The van der Waals surface area contributed by atoms with Crippen LogP contribution < -0.4 is 10.1 Å². The highest BCUT2D eigenvalue weighted by atomic mass is 32.2. The number of methoxy groups -OCH3 is 1. The van der Waals surface area contributed by atoms with Crippen molar-refractivity contribution in [2.45, 2.75) is 6.54 Å². The summed E-state index contributed by atoms with van der Waals surface area (Å²) in [4.78, 5) is 40.0. The summed E-state index contributed by atoms with van der Waals surface area (Å²) in [6.45, 7) is 0.429. The SMILES string of the molecule is COc1ccccc1NC(=O)CN(Cc1ccco1)C(=O)CN1CCSC1=O. The number of thioether (sulfide) groups is 1. The van der Waals surface area contributed by atoms with Crippen molar-refractivity contribution >= 4 is 34.5 Å². The molecule has 0 atom stereocenters. The third kappa shape index (κ3) is 5.07. The van der Waals surface area contributed by atoms with Gasteiger partial charge in [0.2, 0.25) is 11.8 Å². The van der Waals surface area contributed by atoms with Crippen LogP contribution in [0.3, 0.4) is 0 Å². The average molecular weight is 403 g/mol. The van der Waals surface area contributed by atoms with Crippen LogP contribution in [-0.4, -0.2) is 59.4 Å². The van der Waals surface area contributed by atoms with Gasteiger partial charge in [-0.25, -0.2) is 0 Å². The third-order valence-electron chi connectivity index (χ3n) is 4.17. The van der Waals surface area contributed by atoms with Crippen LogP contribution in [0.1, 0.15) is 5.76 Å². The van der Waals surface area contributed by atoms with Crippen molar-refractivity contribution in [3.05, 3.63) is 48.4 Å². The van der Waals surface area contributed by atoms with E-state index in [1.807, 2.05) is 0 Å². The Bertz CT molecular complexity index is 840. The lowest BCUT2D eigenvalue weighted by Gasteiger charge is -2.24. The second-order valence-electron chi connectivity index (χ2n) is 6.11. The van der Waals surface area contributed by atoms with Gasteiger partial charge in [-0.15, -0.1) is 0 Å². The highest BCUT2D eigenvalue weighted by Crippen LogP contribution is 2.23. The Balaban J connectivity index is 1.68. The van der Waals surface area contributed by atoms with E-state index >= 15 is 0 Å². The maximum absolute atomic E-state index is 12.8. The molecule has 3 amide bonds. The first-order chi connectivity index (χ1) is 13.6. The van der Waals surface area contributed by atoms with Gasteiger partial charge >= 0.3 is 0 Å². The zero-order valence-electron chi connectivity index (χ0n) is 15.4. The number of para-hydroxylation sites is 2. The van der Waals surface area contributed by atoms with Gasteiger partial charge in [-0.3, -0.25) is 14.4 Å². The van der Waals surface area contributed by atoms with Crippen LogP contribution in [0.25, 0.3) is 0 Å². The number of furan rings is 1. The second-order valence-corrected chi connectivity index (χ2v) is 7.16. The third-order valence-corrected chi connectivity index (χ3v) is 5.06. The van der Waals surface area contributed by atoms with Crippen molar-refractivity contribution in [2.24, 2.45) is 0 Å². The predicted octanol–water partition coefficient (Wildman–Crippen LogP) is 2.42. The quantitative estimate of drug-likeness (QED) is 0.728. The summed E-state index contributed by atoms with van der Waals surface area (Å²) in [7, 11) is 1.52. The Kier molecular flexibility index (Phi) is 6.59. The molecule has 148 valence electrons. The van der Waals surface area contributed by atoms with Crippen LogP contribution in [0.15, 0.2) is 47.1 Å². The number of carbonyl (C=O) groups is 3. The molecule has 0 bridgehead atoms. The van der Waals surface area contributed by atoms with Gasteiger partial charge in [0.05, 0.1) is 25.6 Å². The van der Waals surface area contributed by atoms with E-state index in [9.17, 15) is 14.4 Å². The summed E-state index contributed by atoms with van der Waals surface area (Å²) in [6.07, 6.45) is 1.51. The van der Waals surface area contributed by atoms with Gasteiger partial charge in [0.15, 0.2) is 0 Å². The van der Waals surface area contributed by atoms with E-state index in [1.165, 1.54) is 34.9 Å². The summed E-state index contributed by atoms with van der Waals surface area (Å²) < 4.78 is 10.5. The molecule has 9 heteroatoms. The van der Waals surface area contributed by atoms with E-state index < -0.39 is 0 Å². The fourth-order valence-electron chi connectivity index (χ4n) is 2.77. The molecule has 0 saturated carbocycles. The van der Waals surface area contributed by atoms with Gasteiger partial charge in [-0.2, -0.15) is 0 Å². The van der Waals surface area contributed by atoms with Crippen LogP contribution in [0.4, 0.5) is 10.5 Å². The van der Waals surface area contributed by atoms with Gasteiger partial charge in [0, 0.05) is 12.3 Å². The molecule has 0 radical (unpaired) electrons. The van der Waals surface area contributed by atoms with Crippen LogP contribution in [0, 0.1) is 0 Å². The van der Waals surface area contributed by atoms with Crippen LogP contribution >= 0.6 is 11.8 Å². The Morgan fingerprint density at radius 1 is 1.29 bits per heavy atom. The minimum atomic E-state index is -0.369. The van der Waals surface area contributed by atoms with Crippen LogP contribution in [-0.2, 0) is 16.1 Å². The van der Waals surface area contributed by atoms with E-state index in [0.29, 0.717) is 29.5 Å². The number of nitrogens with zero attached hydrogens (tertiary/aromatic N) is 2. The molecule has 1 aromatic carbocycles. The first-order valence-corrected chi connectivity index (χ1v) is 9.70. The van der Waals surface area contributed by atoms with Gasteiger partial charge in [-0.05, 0) is 24.3 Å². The van der Waals surface area contributed by atoms with Crippen LogP contribution in [0.2, 0.25) is 0 Å². The van der Waals surface area contributed by atoms with Crippen molar-refractivity contribution in [3.8, 4) is 5.75 Å². The topological polar surface area (TPSA) is 92.1 Å². The Morgan fingerprint density at radius 2 is 2.11 bits per heavy atom. The van der Waals surface area contributed by atoms with Crippen molar-refractivity contribution < 1.29 is 23.5 Å². The number of nitrogens with one attached hydrogen (secondary N) is 1. The lowest BCUT2D eigenvalue weighted by molar-refractivity contribution is -0.135. The van der Waals surface area contributed by atoms with E-state index in [0.717, 1.165) is 0 Å². The molecule has 28 heavy (non-hydrogen) atoms. The molecule has 0 unspecified atom stereocenters. The highest BCUT2D eigenvalue weighted by molar-refractivity contribution is 8.13. The summed E-state index contributed by atoms with van der Waals surface area (Å²) in [5, 5.41) is 2.64. The number of amides is 3. The first kappa shape index (κ1) is 19.8. The standard InChI is InChI=1S/C19H21N3O5S/c1-26-16-7-3-2-6-15(16)20-17(23)12-22(11-14-5-4-9-27-14)18(24)13-21-8-10-28-19(21)25/h2-7,9H,8,10-13H2,1H3,(H,20,23). The summed E-state index contributed by atoms with van der Waals surface area (Å²) in [5.74, 6) is 1.06. The largest absolute Gasteiger partial charge is 0.495 e. The molecule has 2 heterocycles. The highest BCUT2D eigenvalue weighted by Gasteiger charge is 2.27. The Hall–Kier alpha value is -2.94. The normalized spacial score (nSPS) is 13.5. The molecular formula is C19H21N3O5S. The number of benzene rings is 1. The molecule has 8 nitrogen and oxygen atoms in total. The fraction of sp³-hybridized carbons (Fsp3) is 0.316. The van der Waals surface area contributed by atoms with Gasteiger partial charge < -0.3 is 24.3 Å². The number of rotatable bonds is 8. The summed E-state index contributed by atoms with van der Waals surface area (Å²) in [6, 6.07) is 10.5. The minimum Gasteiger partial charge on any atom is -0.495 e. The lowest BCUT2D eigenvalue weighted by atomic mass is 10.3. The van der Waals surface area contributed by atoms with E-state index in [1.54, 1.807) is 36.4 Å². The second kappa shape index (κ2) is 9.32. The van der Waals surface area contributed by atoms with Crippen molar-refractivity contribution in [2.75, 3.05) is 37.8 Å². The van der Waals surface area contributed by atoms with Crippen LogP contribution in [0.5, 0.6) is 5.75 Å². The molecule has 2 aromatic rings. The maximum Gasteiger partial charge on any atom is 0.282 e. The first-order valence-electron chi connectivity index (χ1n) is 8.71. The molecule has 1 aromatic heterocycles. The summed E-state index contributed by atoms with van der Waals surface area (Å²) >= 11 is 1.19. The number of anilines is 1. The van der Waals surface area contributed by atoms with Gasteiger partial charge in [-0.1, -0.05) is 23.9 Å². The van der Waals surface area contributed by atoms with E-state index in [-0.39, 0.29) is 36.7 Å². The van der Waals surface area contributed by atoms with E-state index in [4.69, 9.17) is 9.15 Å². The maximum atomic E-state index is 12.8. The van der Waals surface area contributed by atoms with E-state index in [2.05, 4.69) is 5.32 Å². The number of carbonyl (C=O) groups excluding carboxylic acids is 3. The molecule has 1 saturated heterocycles.